The molecule has 0 atom stereocenters. The third-order valence-corrected chi connectivity index (χ3v) is 5.02. The number of fused-ring (bicyclic) bond motifs is 1. The maximum Gasteiger partial charge on any atom is 0.338 e. The van der Waals surface area contributed by atoms with Crippen LogP contribution in [0.25, 0.3) is 0 Å². The van der Waals surface area contributed by atoms with Crippen molar-refractivity contribution >= 4 is 29.2 Å². The number of hydrogen-bond donors (Lipinski definition) is 1. The zero-order valence-electron chi connectivity index (χ0n) is 16.4. The minimum atomic E-state index is -0.582. The Bertz CT molecular complexity index is 1100. The summed E-state index contributed by atoms with van der Waals surface area (Å²) in [5.41, 5.74) is 2.68. The maximum absolute atomic E-state index is 12.8. The van der Waals surface area contributed by atoms with Gasteiger partial charge < -0.3 is 19.4 Å². The highest BCUT2D eigenvalue weighted by Crippen LogP contribution is 2.31. The lowest BCUT2D eigenvalue weighted by Gasteiger charge is -2.29. The summed E-state index contributed by atoms with van der Waals surface area (Å²) >= 11 is 0. The molecule has 0 aliphatic carbocycles. The van der Waals surface area contributed by atoms with Crippen LogP contribution in [-0.2, 0) is 11.2 Å². The molecule has 0 unspecified atom stereocenters. The van der Waals surface area contributed by atoms with Crippen molar-refractivity contribution in [2.45, 2.75) is 12.8 Å². The van der Waals surface area contributed by atoms with E-state index < -0.39 is 11.9 Å². The number of nitrogens with one attached hydrogen (secondary N) is 1. The quantitative estimate of drug-likeness (QED) is 0.666. The molecule has 3 aromatic rings. The van der Waals surface area contributed by atoms with Gasteiger partial charge in [0.05, 0.1) is 24.5 Å². The van der Waals surface area contributed by atoms with Gasteiger partial charge in [0.25, 0.3) is 11.8 Å². The number of anilines is 2. The van der Waals surface area contributed by atoms with Crippen LogP contribution in [0.3, 0.4) is 0 Å². The van der Waals surface area contributed by atoms with Gasteiger partial charge in [0.2, 0.25) is 0 Å². The fourth-order valence-corrected chi connectivity index (χ4v) is 3.56. The highest BCUT2D eigenvalue weighted by molar-refractivity contribution is 6.11. The number of carbonyl (C=O) groups is 3. The Hall–Kier alpha value is -3.87. The molecule has 0 bridgehead atoms. The van der Waals surface area contributed by atoms with Crippen molar-refractivity contribution < 1.29 is 23.5 Å². The molecular formula is C23H20N2O5. The van der Waals surface area contributed by atoms with Gasteiger partial charge in [-0.2, -0.15) is 0 Å². The fraction of sp³-hybridized carbons (Fsp3) is 0.174. The summed E-state index contributed by atoms with van der Waals surface area (Å²) in [5, 5.41) is 2.81. The Kier molecular flexibility index (Phi) is 5.34. The van der Waals surface area contributed by atoms with Gasteiger partial charge in [0.1, 0.15) is 0 Å². The van der Waals surface area contributed by atoms with Crippen molar-refractivity contribution in [2.24, 2.45) is 0 Å². The first kappa shape index (κ1) is 19.4. The summed E-state index contributed by atoms with van der Waals surface area (Å²) in [6, 6.07) is 15.2. The first-order valence-corrected chi connectivity index (χ1v) is 9.55. The van der Waals surface area contributed by atoms with Crippen LogP contribution in [0.4, 0.5) is 11.4 Å². The van der Waals surface area contributed by atoms with Crippen LogP contribution < -0.4 is 10.2 Å². The number of benzene rings is 2. The first-order chi connectivity index (χ1) is 14.6. The smallest absolute Gasteiger partial charge is 0.338 e. The Morgan fingerprint density at radius 1 is 1.03 bits per heavy atom. The summed E-state index contributed by atoms with van der Waals surface area (Å²) in [4.78, 5) is 39.3. The second kappa shape index (κ2) is 8.24. The number of hydrogen-bond acceptors (Lipinski definition) is 5. The molecule has 0 spiro atoms. The third kappa shape index (κ3) is 3.69. The molecule has 1 aromatic heterocycles. The van der Waals surface area contributed by atoms with Gasteiger partial charge in [-0.25, -0.2) is 4.79 Å². The van der Waals surface area contributed by atoms with Crippen LogP contribution in [-0.4, -0.2) is 31.4 Å². The monoisotopic (exact) mass is 404 g/mol. The average Bonchev–Trinajstić information content (AvgIpc) is 3.32. The van der Waals surface area contributed by atoms with Crippen LogP contribution in [0.1, 0.15) is 43.3 Å². The van der Waals surface area contributed by atoms with Gasteiger partial charge in [-0.3, -0.25) is 9.59 Å². The molecule has 7 heteroatoms. The standard InChI is InChI=1S/C23H20N2O5/c1-29-23(28)18-8-3-2-7-17(18)21(26)24-16-11-10-15-6-4-12-25(19(15)14-16)22(27)20-9-5-13-30-20/h2-3,5,7-11,13-14H,4,6,12H2,1H3,(H,24,26). The minimum absolute atomic E-state index is 0.185. The van der Waals surface area contributed by atoms with E-state index in [1.165, 1.54) is 19.4 Å². The molecule has 1 aliphatic heterocycles. The van der Waals surface area contributed by atoms with Crippen molar-refractivity contribution in [2.75, 3.05) is 23.9 Å². The van der Waals surface area contributed by atoms with Crippen LogP contribution in [0.5, 0.6) is 0 Å². The second-order valence-corrected chi connectivity index (χ2v) is 6.87. The summed E-state index contributed by atoms with van der Waals surface area (Å²) in [7, 11) is 1.27. The average molecular weight is 404 g/mol. The lowest BCUT2D eigenvalue weighted by atomic mass is 10.0. The van der Waals surface area contributed by atoms with E-state index in [1.807, 2.05) is 6.07 Å². The third-order valence-electron chi connectivity index (χ3n) is 5.02. The summed E-state index contributed by atoms with van der Waals surface area (Å²) in [6.45, 7) is 0.565. The highest BCUT2D eigenvalue weighted by Gasteiger charge is 2.26. The van der Waals surface area contributed by atoms with Crippen LogP contribution in [0.15, 0.2) is 65.3 Å². The largest absolute Gasteiger partial charge is 0.465 e. The van der Waals surface area contributed by atoms with Crippen molar-refractivity contribution in [3.05, 3.63) is 83.3 Å². The number of ether oxygens (including phenoxy) is 1. The Morgan fingerprint density at radius 3 is 2.57 bits per heavy atom. The molecule has 2 heterocycles. The molecule has 0 saturated heterocycles. The van der Waals surface area contributed by atoms with E-state index in [1.54, 1.807) is 47.4 Å². The molecule has 2 aromatic carbocycles. The Morgan fingerprint density at radius 2 is 1.83 bits per heavy atom. The van der Waals surface area contributed by atoms with Crippen molar-refractivity contribution in [1.29, 1.82) is 0 Å². The SMILES string of the molecule is COC(=O)c1ccccc1C(=O)Nc1ccc2c(c1)N(C(=O)c1ccco1)CCC2. The summed E-state index contributed by atoms with van der Waals surface area (Å²) in [6.07, 6.45) is 3.15. The first-order valence-electron chi connectivity index (χ1n) is 9.55. The Labute approximate surface area is 173 Å². The topological polar surface area (TPSA) is 88.9 Å². The minimum Gasteiger partial charge on any atom is -0.465 e. The molecule has 2 amide bonds. The van der Waals surface area contributed by atoms with Crippen molar-refractivity contribution in [3.8, 4) is 0 Å². The molecule has 7 nitrogen and oxygen atoms in total. The number of amides is 2. The maximum atomic E-state index is 12.8. The number of aryl methyl sites for hydroxylation is 1. The number of nitrogens with zero attached hydrogens (tertiary/aromatic N) is 1. The van der Waals surface area contributed by atoms with Gasteiger partial charge in [0, 0.05) is 17.9 Å². The summed E-state index contributed by atoms with van der Waals surface area (Å²) < 4.78 is 10.0. The molecule has 0 radical (unpaired) electrons. The zero-order chi connectivity index (χ0) is 21.1. The zero-order valence-corrected chi connectivity index (χ0v) is 16.4. The highest BCUT2D eigenvalue weighted by atomic mass is 16.5. The van der Waals surface area contributed by atoms with Gasteiger partial charge in [0.15, 0.2) is 5.76 Å². The van der Waals surface area contributed by atoms with Crippen molar-refractivity contribution in [1.82, 2.24) is 0 Å². The normalized spacial score (nSPS) is 12.8. The molecule has 152 valence electrons. The number of carbonyl (C=O) groups excluding carboxylic acids is 3. The fourth-order valence-electron chi connectivity index (χ4n) is 3.56. The van der Waals surface area contributed by atoms with E-state index in [2.05, 4.69) is 5.32 Å². The molecule has 0 fully saturated rings. The number of furan rings is 1. The predicted molar refractivity (Wildman–Crippen MR) is 111 cm³/mol. The molecule has 1 aliphatic rings. The van der Waals surface area contributed by atoms with Crippen molar-refractivity contribution in [3.63, 3.8) is 0 Å². The number of methoxy groups -OCH3 is 1. The van der Waals surface area contributed by atoms with E-state index in [9.17, 15) is 14.4 Å². The number of rotatable bonds is 4. The van der Waals surface area contributed by atoms with E-state index in [-0.39, 0.29) is 22.8 Å². The van der Waals surface area contributed by atoms with Gasteiger partial charge >= 0.3 is 5.97 Å². The summed E-state index contributed by atoms with van der Waals surface area (Å²) in [5.74, 6) is -0.971. The Balaban J connectivity index is 1.62. The number of esters is 1. The van der Waals surface area contributed by atoms with E-state index in [0.717, 1.165) is 24.1 Å². The van der Waals surface area contributed by atoms with E-state index >= 15 is 0 Å². The van der Waals surface area contributed by atoms with E-state index in [4.69, 9.17) is 9.15 Å². The molecule has 0 saturated carbocycles. The van der Waals surface area contributed by atoms with Crippen LogP contribution >= 0.6 is 0 Å². The molecular weight excluding hydrogens is 384 g/mol. The molecule has 4 rings (SSSR count). The lowest BCUT2D eigenvalue weighted by molar-refractivity contribution is 0.0597. The lowest BCUT2D eigenvalue weighted by Crippen LogP contribution is -2.35. The second-order valence-electron chi connectivity index (χ2n) is 6.87. The molecule has 30 heavy (non-hydrogen) atoms. The molecule has 1 N–H and O–H groups in total. The predicted octanol–water partition coefficient (Wildman–Crippen LogP) is 3.91. The van der Waals surface area contributed by atoms with Gasteiger partial charge in [-0.1, -0.05) is 18.2 Å². The van der Waals surface area contributed by atoms with Crippen LogP contribution in [0.2, 0.25) is 0 Å². The van der Waals surface area contributed by atoms with Gasteiger partial charge in [-0.15, -0.1) is 0 Å². The van der Waals surface area contributed by atoms with Crippen LogP contribution in [0, 0.1) is 0 Å². The van der Waals surface area contributed by atoms with Gasteiger partial charge in [-0.05, 0) is 54.8 Å². The van der Waals surface area contributed by atoms with E-state index in [0.29, 0.717) is 12.2 Å².